The Kier molecular flexibility index (Phi) is 8.75. The molecule has 5 heteroatoms. The molecule has 0 heterocycles. The highest BCUT2D eigenvalue weighted by atomic mass is 28.4. The van der Waals surface area contributed by atoms with E-state index in [1.807, 2.05) is 42.5 Å². The number of carbonyl (C=O) groups excluding carboxylic acids is 2. The average Bonchev–Trinajstić information content (AvgIpc) is 2.75. The van der Waals surface area contributed by atoms with Gasteiger partial charge in [0.25, 0.3) is 8.32 Å². The number of benzene rings is 2. The topological polar surface area (TPSA) is 52.6 Å². The second-order valence-corrected chi connectivity index (χ2v) is 12.6. The van der Waals surface area contributed by atoms with E-state index in [9.17, 15) is 9.59 Å². The first-order valence-electron chi connectivity index (χ1n) is 10.3. The van der Waals surface area contributed by atoms with Gasteiger partial charge in [0, 0.05) is 6.42 Å². The summed E-state index contributed by atoms with van der Waals surface area (Å²) in [4.78, 5) is 22.6. The number of rotatable bonds is 10. The highest BCUT2D eigenvalue weighted by molar-refractivity contribution is 6.99. The highest BCUT2D eigenvalue weighted by Gasteiger charge is 2.51. The van der Waals surface area contributed by atoms with E-state index in [4.69, 9.17) is 9.16 Å². The zero-order chi connectivity index (χ0) is 22.0. The van der Waals surface area contributed by atoms with Crippen LogP contribution in [0.1, 0.15) is 40.0 Å². The predicted octanol–water partition coefficient (Wildman–Crippen LogP) is 4.03. The Morgan fingerprint density at radius 1 is 1.00 bits per heavy atom. The second kappa shape index (κ2) is 11.0. The molecule has 160 valence electrons. The van der Waals surface area contributed by atoms with E-state index in [1.165, 1.54) is 23.6 Å². The summed E-state index contributed by atoms with van der Waals surface area (Å²) in [7, 11) is -1.34. The van der Waals surface area contributed by atoms with E-state index < -0.39 is 8.32 Å². The number of carbonyl (C=O) groups is 2. The Morgan fingerprint density at radius 2 is 1.53 bits per heavy atom. The first kappa shape index (κ1) is 23.8. The average molecular weight is 425 g/mol. The normalized spacial score (nSPS) is 13.2. The molecule has 0 amide bonds. The molecule has 0 aliphatic carbocycles. The van der Waals surface area contributed by atoms with Crippen LogP contribution in [-0.2, 0) is 18.8 Å². The Morgan fingerprint density at radius 3 is 1.97 bits per heavy atom. The minimum absolute atomic E-state index is 0.161. The molecule has 1 atom stereocenters. The number of methoxy groups -OCH3 is 1. The van der Waals surface area contributed by atoms with Crippen molar-refractivity contribution < 1.29 is 18.8 Å². The quantitative estimate of drug-likeness (QED) is 0.250. The third kappa shape index (κ3) is 5.77. The largest absolute Gasteiger partial charge is 0.469 e. The van der Waals surface area contributed by atoms with Gasteiger partial charge < -0.3 is 9.16 Å². The number of hydrogen-bond acceptors (Lipinski definition) is 4. The molecule has 0 saturated carbocycles. The molecule has 0 unspecified atom stereocenters. The van der Waals surface area contributed by atoms with Crippen LogP contribution in [0.15, 0.2) is 72.8 Å². The van der Waals surface area contributed by atoms with Crippen LogP contribution >= 0.6 is 0 Å². The number of aldehydes is 1. The summed E-state index contributed by atoms with van der Waals surface area (Å²) in [5, 5.41) is 2.20. The number of hydrogen-bond donors (Lipinski definition) is 0. The lowest BCUT2D eigenvalue weighted by Gasteiger charge is -2.44. The van der Waals surface area contributed by atoms with Crippen LogP contribution in [0.25, 0.3) is 0 Å². The van der Waals surface area contributed by atoms with Crippen LogP contribution in [0.4, 0.5) is 0 Å². The minimum Gasteiger partial charge on any atom is -0.469 e. The monoisotopic (exact) mass is 424 g/mol. The maximum atomic E-state index is 11.6. The zero-order valence-electron chi connectivity index (χ0n) is 18.3. The van der Waals surface area contributed by atoms with Crippen LogP contribution in [-0.4, -0.2) is 33.8 Å². The summed E-state index contributed by atoms with van der Waals surface area (Å²) in [5.41, 5.74) is 0. The van der Waals surface area contributed by atoms with Crippen LogP contribution in [0, 0.1) is 0 Å². The van der Waals surface area contributed by atoms with Gasteiger partial charge in [-0.2, -0.15) is 0 Å². The fraction of sp³-hybridized carbons (Fsp3) is 0.360. The molecule has 30 heavy (non-hydrogen) atoms. The van der Waals surface area contributed by atoms with Gasteiger partial charge >= 0.3 is 5.97 Å². The first-order valence-corrected chi connectivity index (χ1v) is 12.2. The predicted molar refractivity (Wildman–Crippen MR) is 124 cm³/mol. The minimum atomic E-state index is -2.73. The zero-order valence-corrected chi connectivity index (χ0v) is 19.3. The van der Waals surface area contributed by atoms with Crippen LogP contribution < -0.4 is 10.4 Å². The third-order valence-corrected chi connectivity index (χ3v) is 10.3. The molecule has 4 nitrogen and oxygen atoms in total. The molecule has 0 aromatic heterocycles. The van der Waals surface area contributed by atoms with Gasteiger partial charge in [-0.05, 0) is 34.3 Å². The van der Waals surface area contributed by atoms with Gasteiger partial charge in [-0.25, -0.2) is 0 Å². The summed E-state index contributed by atoms with van der Waals surface area (Å²) in [6.45, 7) is 6.65. The molecular weight excluding hydrogens is 392 g/mol. The van der Waals surface area contributed by atoms with E-state index in [0.717, 1.165) is 6.29 Å². The molecule has 0 fully saturated rings. The lowest BCUT2D eigenvalue weighted by molar-refractivity contribution is -0.140. The molecule has 0 saturated heterocycles. The fourth-order valence-corrected chi connectivity index (χ4v) is 8.50. The molecule has 0 spiro atoms. The number of allylic oxidation sites excluding steroid dienone is 1. The lowest BCUT2D eigenvalue weighted by atomic mass is 10.1. The summed E-state index contributed by atoms with van der Waals surface area (Å²) < 4.78 is 11.8. The van der Waals surface area contributed by atoms with E-state index in [0.29, 0.717) is 19.3 Å². The lowest BCUT2D eigenvalue weighted by Crippen LogP contribution is -2.67. The molecule has 0 aliphatic rings. The summed E-state index contributed by atoms with van der Waals surface area (Å²) in [5.74, 6) is -0.237. The van der Waals surface area contributed by atoms with Crippen molar-refractivity contribution >= 4 is 30.9 Å². The van der Waals surface area contributed by atoms with Crippen molar-refractivity contribution in [3.63, 3.8) is 0 Å². The maximum absolute atomic E-state index is 11.6. The van der Waals surface area contributed by atoms with Gasteiger partial charge in [0.1, 0.15) is 6.29 Å². The second-order valence-electron chi connectivity index (χ2n) is 8.31. The van der Waals surface area contributed by atoms with E-state index >= 15 is 0 Å². The van der Waals surface area contributed by atoms with Gasteiger partial charge in [0.05, 0.1) is 13.2 Å². The van der Waals surface area contributed by atoms with Gasteiger partial charge in [-0.3, -0.25) is 9.59 Å². The van der Waals surface area contributed by atoms with Crippen LogP contribution in [0.2, 0.25) is 5.04 Å². The van der Waals surface area contributed by atoms with E-state index in [1.54, 1.807) is 0 Å². The Hall–Kier alpha value is -2.50. The van der Waals surface area contributed by atoms with E-state index in [2.05, 4.69) is 45.0 Å². The SMILES string of the molecule is COC(=O)CCC[C@@H](/C=C/C=O)O[Si](c1ccccc1)(c1ccccc1)C(C)(C)C. The maximum Gasteiger partial charge on any atom is 0.305 e. The standard InChI is InChI=1S/C25H32O4Si/c1-25(2,3)30(22-15-7-5-8-16-22,23-17-9-6-10-18-23)29-21(14-12-20-26)13-11-19-24(27)28-4/h5-10,12,14-18,20-21H,11,13,19H2,1-4H3/b14-12+/t21-/m0/s1. The highest BCUT2D eigenvalue weighted by Crippen LogP contribution is 2.38. The summed E-state index contributed by atoms with van der Waals surface area (Å²) in [6.07, 6.45) is 5.35. The van der Waals surface area contributed by atoms with Crippen molar-refractivity contribution in [1.29, 1.82) is 0 Å². The van der Waals surface area contributed by atoms with Crippen molar-refractivity contribution in [2.75, 3.05) is 7.11 Å². The molecule has 0 radical (unpaired) electrons. The van der Waals surface area contributed by atoms with Gasteiger partial charge in [-0.15, -0.1) is 0 Å². The molecule has 2 rings (SSSR count). The molecule has 0 N–H and O–H groups in total. The first-order chi connectivity index (χ1) is 14.3. The number of esters is 1. The van der Waals surface area contributed by atoms with E-state index in [-0.39, 0.29) is 17.1 Å². The Labute approximate surface area is 181 Å². The van der Waals surface area contributed by atoms with Crippen molar-refractivity contribution in [3.05, 3.63) is 72.8 Å². The molecule has 0 bridgehead atoms. The van der Waals surface area contributed by atoms with Crippen molar-refractivity contribution in [1.82, 2.24) is 0 Å². The van der Waals surface area contributed by atoms with Crippen molar-refractivity contribution in [2.45, 2.75) is 51.2 Å². The molecule has 0 aliphatic heterocycles. The van der Waals surface area contributed by atoms with Crippen molar-refractivity contribution in [2.24, 2.45) is 0 Å². The molecule has 2 aromatic carbocycles. The third-order valence-electron chi connectivity index (χ3n) is 5.25. The van der Waals surface area contributed by atoms with Crippen LogP contribution in [0.5, 0.6) is 0 Å². The van der Waals surface area contributed by atoms with Crippen molar-refractivity contribution in [3.8, 4) is 0 Å². The van der Waals surface area contributed by atoms with Crippen LogP contribution in [0.3, 0.4) is 0 Å². The summed E-state index contributed by atoms with van der Waals surface area (Å²) in [6, 6.07) is 20.8. The molecular formula is C25H32O4Si. The Bertz CT molecular complexity index is 786. The van der Waals surface area contributed by atoms with Gasteiger partial charge in [0.15, 0.2) is 0 Å². The fourth-order valence-electron chi connectivity index (χ4n) is 3.83. The number of ether oxygens (including phenoxy) is 1. The molecule has 2 aromatic rings. The van der Waals surface area contributed by atoms with Gasteiger partial charge in [-0.1, -0.05) is 87.5 Å². The summed E-state index contributed by atoms with van der Waals surface area (Å²) >= 11 is 0. The van der Waals surface area contributed by atoms with Gasteiger partial charge in [0.2, 0.25) is 0 Å². The Balaban J connectivity index is 2.52. The smallest absolute Gasteiger partial charge is 0.305 e.